The first-order valence-corrected chi connectivity index (χ1v) is 15.7. The van der Waals surface area contributed by atoms with E-state index in [9.17, 15) is 13.7 Å². The quantitative estimate of drug-likeness (QED) is 0.220. The Labute approximate surface area is 216 Å². The van der Waals surface area contributed by atoms with Gasteiger partial charge in [-0.05, 0) is 0 Å². The molecule has 0 amide bonds. The van der Waals surface area contributed by atoms with Gasteiger partial charge >= 0.3 is 218 Å². The van der Waals surface area contributed by atoms with E-state index in [0.717, 1.165) is 41.2 Å². The first-order valence-electron chi connectivity index (χ1n) is 10.5. The van der Waals surface area contributed by atoms with Crippen LogP contribution in [0.2, 0.25) is 0 Å². The standard InChI is InChI=1S/C26H24BrIN2O3S/c1-16-6-9-21(10-7-16)34(31,32)33-28(25-18(3)12-17(2)13-19(25)4)26-22-14-20(27)8-11-23(22)30(5)24(26)15-29/h6-14H,1-5H3. The third-order valence-electron chi connectivity index (χ3n) is 5.59. The van der Waals surface area contributed by atoms with Gasteiger partial charge in [0, 0.05) is 0 Å². The number of nitriles is 1. The van der Waals surface area contributed by atoms with Gasteiger partial charge in [0.2, 0.25) is 0 Å². The molecule has 1 heterocycles. The van der Waals surface area contributed by atoms with Crippen LogP contribution < -0.4 is 0 Å². The molecular formula is C26H24BrIN2O3S. The van der Waals surface area contributed by atoms with Crippen LogP contribution >= 0.6 is 36.2 Å². The molecule has 0 N–H and O–H groups in total. The maximum atomic E-state index is 13.5. The molecule has 0 saturated heterocycles. The van der Waals surface area contributed by atoms with Gasteiger partial charge in [-0.25, -0.2) is 0 Å². The molecule has 0 aliphatic rings. The van der Waals surface area contributed by atoms with E-state index < -0.39 is 30.4 Å². The zero-order chi connectivity index (χ0) is 24.8. The fraction of sp³-hybridized carbons (Fsp3) is 0.192. The molecule has 0 unspecified atom stereocenters. The Bertz CT molecular complexity index is 1550. The summed E-state index contributed by atoms with van der Waals surface area (Å²) < 4.78 is 37.5. The third kappa shape index (κ3) is 4.54. The second kappa shape index (κ2) is 9.46. The molecule has 0 radical (unpaired) electrons. The molecule has 0 aliphatic heterocycles. The number of benzene rings is 3. The summed E-state index contributed by atoms with van der Waals surface area (Å²) in [5, 5.41) is 11.0. The number of aromatic nitrogens is 1. The van der Waals surface area contributed by atoms with Gasteiger partial charge < -0.3 is 0 Å². The van der Waals surface area contributed by atoms with E-state index in [0.29, 0.717) is 9.26 Å². The number of hydrogen-bond acceptors (Lipinski definition) is 4. The van der Waals surface area contributed by atoms with Crippen molar-refractivity contribution in [3.63, 3.8) is 0 Å². The Kier molecular flexibility index (Phi) is 6.93. The molecule has 4 aromatic rings. The molecule has 0 saturated carbocycles. The summed E-state index contributed by atoms with van der Waals surface area (Å²) in [5.74, 6) is 0. The zero-order valence-corrected chi connectivity index (χ0v) is 24.0. The summed E-state index contributed by atoms with van der Waals surface area (Å²) in [7, 11) is -2.24. The molecule has 0 fully saturated rings. The summed E-state index contributed by atoms with van der Waals surface area (Å²) in [6, 6.07) is 18.8. The number of hydrogen-bond donors (Lipinski definition) is 0. The van der Waals surface area contributed by atoms with Crippen molar-refractivity contribution >= 4 is 57.2 Å². The van der Waals surface area contributed by atoms with Gasteiger partial charge in [-0.15, -0.1) is 0 Å². The maximum absolute atomic E-state index is 13.5. The molecule has 0 atom stereocenters. The van der Waals surface area contributed by atoms with E-state index in [1.807, 2.05) is 69.6 Å². The van der Waals surface area contributed by atoms with Gasteiger partial charge in [0.15, 0.2) is 0 Å². The minimum absolute atomic E-state index is 0.114. The summed E-state index contributed by atoms with van der Waals surface area (Å²) in [6.45, 7) is 7.88. The van der Waals surface area contributed by atoms with Crippen LogP contribution in [0.15, 0.2) is 64.0 Å². The van der Waals surface area contributed by atoms with E-state index in [4.69, 9.17) is 2.51 Å². The number of aryl methyl sites for hydroxylation is 5. The third-order valence-corrected chi connectivity index (χ3v) is 14.5. The average molecular weight is 651 g/mol. The summed E-state index contributed by atoms with van der Waals surface area (Å²) in [4.78, 5) is 0.114. The van der Waals surface area contributed by atoms with Gasteiger partial charge in [0.25, 0.3) is 0 Å². The Morgan fingerprint density at radius 1 is 0.912 bits per heavy atom. The zero-order valence-electron chi connectivity index (χ0n) is 19.5. The minimum atomic E-state index is -4.07. The van der Waals surface area contributed by atoms with Gasteiger partial charge in [-0.2, -0.15) is 0 Å². The topological polar surface area (TPSA) is 72.1 Å². The predicted molar refractivity (Wildman–Crippen MR) is 147 cm³/mol. The molecule has 8 heteroatoms. The van der Waals surface area contributed by atoms with Gasteiger partial charge in [-0.1, -0.05) is 0 Å². The number of halogens is 2. The van der Waals surface area contributed by atoms with Crippen LogP contribution in [0.3, 0.4) is 0 Å². The molecule has 1 aromatic heterocycles. The summed E-state index contributed by atoms with van der Waals surface area (Å²) >= 11 is 0.376. The van der Waals surface area contributed by atoms with Crippen molar-refractivity contribution in [2.24, 2.45) is 7.05 Å². The molecule has 4 rings (SSSR count). The van der Waals surface area contributed by atoms with Crippen molar-refractivity contribution in [3.8, 4) is 6.07 Å². The molecular weight excluding hydrogens is 627 g/mol. The molecule has 0 aliphatic carbocycles. The van der Waals surface area contributed by atoms with Crippen LogP contribution in [-0.4, -0.2) is 13.0 Å². The Morgan fingerprint density at radius 3 is 2.12 bits per heavy atom. The van der Waals surface area contributed by atoms with Crippen molar-refractivity contribution in [3.05, 3.63) is 94.2 Å². The van der Waals surface area contributed by atoms with E-state index in [2.05, 4.69) is 22.0 Å². The Morgan fingerprint density at radius 2 is 1.53 bits per heavy atom. The van der Waals surface area contributed by atoms with Gasteiger partial charge in [-0.3, -0.25) is 0 Å². The number of rotatable bonds is 5. The van der Waals surface area contributed by atoms with Crippen LogP contribution in [-0.2, 0) is 19.7 Å². The van der Waals surface area contributed by atoms with Crippen molar-refractivity contribution in [2.75, 3.05) is 0 Å². The molecule has 0 bridgehead atoms. The van der Waals surface area contributed by atoms with Crippen LogP contribution in [0.1, 0.15) is 27.9 Å². The van der Waals surface area contributed by atoms with E-state index >= 15 is 0 Å². The summed E-state index contributed by atoms with van der Waals surface area (Å²) in [5.41, 5.74) is 5.28. The Hall–Kier alpha value is -2.19. The molecule has 34 heavy (non-hydrogen) atoms. The Balaban J connectivity index is 2.04. The van der Waals surface area contributed by atoms with Crippen molar-refractivity contribution < 1.29 is 10.9 Å². The number of nitrogens with zero attached hydrogens (tertiary/aromatic N) is 2. The first kappa shape index (κ1) is 24.9. The predicted octanol–water partition coefficient (Wildman–Crippen LogP) is 6.91. The SMILES string of the molecule is Cc1ccc(S(=O)(=O)OI(c2c(C)cc(C)cc2C)c2c(C#N)n(C)c3ccc(Br)cc23)cc1. The van der Waals surface area contributed by atoms with Gasteiger partial charge in [0.05, 0.1) is 0 Å². The number of fused-ring (bicyclic) bond motifs is 1. The molecule has 176 valence electrons. The second-order valence-corrected chi connectivity index (χ2v) is 15.4. The van der Waals surface area contributed by atoms with Crippen LogP contribution in [0.4, 0.5) is 0 Å². The molecule has 3 aromatic carbocycles. The molecule has 5 nitrogen and oxygen atoms in total. The van der Waals surface area contributed by atoms with E-state index in [-0.39, 0.29) is 4.90 Å². The van der Waals surface area contributed by atoms with Crippen LogP contribution in [0.5, 0.6) is 0 Å². The van der Waals surface area contributed by atoms with Crippen molar-refractivity contribution in [1.29, 1.82) is 5.26 Å². The van der Waals surface area contributed by atoms with Crippen molar-refractivity contribution in [2.45, 2.75) is 32.6 Å². The first-order chi connectivity index (χ1) is 16.0. The average Bonchev–Trinajstić information content (AvgIpc) is 3.03. The fourth-order valence-electron chi connectivity index (χ4n) is 4.08. The van der Waals surface area contributed by atoms with Crippen LogP contribution in [0, 0.1) is 46.2 Å². The van der Waals surface area contributed by atoms with Gasteiger partial charge in [0.1, 0.15) is 0 Å². The molecule has 0 spiro atoms. The van der Waals surface area contributed by atoms with E-state index in [1.54, 1.807) is 24.3 Å². The van der Waals surface area contributed by atoms with E-state index in [1.165, 1.54) is 0 Å². The second-order valence-electron chi connectivity index (χ2n) is 8.29. The summed E-state index contributed by atoms with van der Waals surface area (Å²) in [6.07, 6.45) is 0. The monoisotopic (exact) mass is 650 g/mol. The van der Waals surface area contributed by atoms with Crippen LogP contribution in [0.25, 0.3) is 10.9 Å². The fourth-order valence-corrected chi connectivity index (χ4v) is 12.7. The van der Waals surface area contributed by atoms with Crippen molar-refractivity contribution in [1.82, 2.24) is 4.57 Å². The normalized spacial score (nSPS) is 12.1.